The molecule has 10 rings (SSSR count). The number of nitrogens with one attached hydrogen (secondary N) is 4. The molecule has 3 aliphatic rings. The van der Waals surface area contributed by atoms with E-state index in [1.807, 2.05) is 52.1 Å². The number of alkyl carbamates (subject to hydrolysis) is 1. The van der Waals surface area contributed by atoms with Gasteiger partial charge in [-0.05, 0) is 105 Å². The van der Waals surface area contributed by atoms with Crippen LogP contribution >= 0.6 is 0 Å². The summed E-state index contributed by atoms with van der Waals surface area (Å²) in [5.41, 5.74) is 11.6. The second-order valence-corrected chi connectivity index (χ2v) is 19.8. The number of imidazole rings is 2. The SMILES string of the molecule is COC(=O)N[C@H](C(=O)N1CCC[C@H]1c1ncc(-c2ccc3c(c2)OC(c2ccc(F)cc2)n2c-3cc3cc(-c4ccc(-c5cnc([C@H]6CCCCC6C(=O)N(NC(=O)OC)C(C)C)[nH]5)cc4)ccc32)[nH]1)C(C)C. The van der Waals surface area contributed by atoms with Crippen molar-refractivity contribution in [2.75, 3.05) is 20.8 Å². The second-order valence-electron chi connectivity index (χ2n) is 19.8. The van der Waals surface area contributed by atoms with E-state index in [1.165, 1.54) is 31.4 Å². The first-order chi connectivity index (χ1) is 35.3. The number of hydrazine groups is 1. The number of fused-ring (bicyclic) bond motifs is 5. The summed E-state index contributed by atoms with van der Waals surface area (Å²) in [6, 6.07) is 28.0. The highest BCUT2D eigenvalue weighted by atomic mass is 19.1. The predicted octanol–water partition coefficient (Wildman–Crippen LogP) is 10.7. The number of amides is 4. The highest BCUT2D eigenvalue weighted by Crippen LogP contribution is 2.47. The van der Waals surface area contributed by atoms with E-state index >= 15 is 0 Å². The standard InChI is InChI=1S/C56H60FN9O7/c1-31(2)49(62-55(69)71-5)53(68)64-25-9-12-46(64)51-59-30-44(61-51)37-19-23-42-47-27-38-26-36(20-24-45(38)65(47)54(73-48(42)28-37)35-17-21-39(57)22-18-35)33-13-15-34(16-14-33)43-29-58-50(60-43)40-10-7-8-11-41(40)52(67)66(32(3)4)63-56(70)72-6/h13-24,26-32,40-41,46,49,54H,7-12,25H2,1-6H3,(H,58,60)(H,59,61)(H,62,69)(H,63,70)/t40-,41?,46-,49-,54?/m0/s1. The lowest BCUT2D eigenvalue weighted by Crippen LogP contribution is -2.53. The number of halogens is 1. The van der Waals surface area contributed by atoms with Crippen LogP contribution in [0.4, 0.5) is 14.0 Å². The van der Waals surface area contributed by atoms with Crippen LogP contribution in [-0.2, 0) is 19.1 Å². The van der Waals surface area contributed by atoms with Crippen LogP contribution in [0.2, 0.25) is 0 Å². The number of hydrogen-bond acceptors (Lipinski definition) is 9. The molecule has 7 aromatic rings. The van der Waals surface area contributed by atoms with Crippen LogP contribution in [0.15, 0.2) is 103 Å². The van der Waals surface area contributed by atoms with E-state index in [4.69, 9.17) is 24.2 Å². The molecule has 5 heterocycles. The summed E-state index contributed by atoms with van der Waals surface area (Å²) >= 11 is 0. The minimum atomic E-state index is -0.739. The van der Waals surface area contributed by atoms with Crippen molar-refractivity contribution >= 4 is 34.9 Å². The van der Waals surface area contributed by atoms with Crippen LogP contribution in [0.3, 0.4) is 0 Å². The fourth-order valence-corrected chi connectivity index (χ4v) is 10.8. The molecule has 378 valence electrons. The van der Waals surface area contributed by atoms with Gasteiger partial charge in [0.15, 0.2) is 0 Å². The number of carbonyl (C=O) groups excluding carboxylic acids is 4. The second kappa shape index (κ2) is 20.3. The van der Waals surface area contributed by atoms with Gasteiger partial charge in [0.25, 0.3) is 0 Å². The Bertz CT molecular complexity index is 3180. The van der Waals surface area contributed by atoms with E-state index in [0.717, 1.165) is 99.3 Å². The van der Waals surface area contributed by atoms with Crippen molar-refractivity contribution in [3.05, 3.63) is 126 Å². The maximum atomic E-state index is 14.3. The van der Waals surface area contributed by atoms with Gasteiger partial charge in [-0.3, -0.25) is 9.59 Å². The number of H-pyrrole nitrogens is 2. The van der Waals surface area contributed by atoms with Crippen LogP contribution in [-0.4, -0.2) is 91.3 Å². The molecule has 2 unspecified atom stereocenters. The minimum absolute atomic E-state index is 0.127. The molecule has 0 spiro atoms. The number of rotatable bonds is 11. The Kier molecular flexibility index (Phi) is 13.5. The number of benzene rings is 4. The Morgan fingerprint density at radius 1 is 0.753 bits per heavy atom. The topological polar surface area (TPSA) is 189 Å². The van der Waals surface area contributed by atoms with E-state index in [0.29, 0.717) is 24.5 Å². The van der Waals surface area contributed by atoms with Crippen LogP contribution in [0.25, 0.3) is 55.8 Å². The Labute approximate surface area is 422 Å². The van der Waals surface area contributed by atoms with Crippen LogP contribution in [0, 0.1) is 17.7 Å². The minimum Gasteiger partial charge on any atom is -0.465 e. The Balaban J connectivity index is 0.910. The van der Waals surface area contributed by atoms with Crippen molar-refractivity contribution in [2.24, 2.45) is 11.8 Å². The van der Waals surface area contributed by atoms with Gasteiger partial charge in [-0.25, -0.2) is 34.4 Å². The molecule has 1 saturated carbocycles. The van der Waals surface area contributed by atoms with E-state index in [2.05, 4.69) is 73.8 Å². The summed E-state index contributed by atoms with van der Waals surface area (Å²) in [6.45, 7) is 8.04. The number of carbonyl (C=O) groups is 4. The molecule has 0 bridgehead atoms. The third-order valence-electron chi connectivity index (χ3n) is 14.6. The number of nitrogens with zero attached hydrogens (tertiary/aromatic N) is 5. The van der Waals surface area contributed by atoms with Crippen molar-refractivity contribution in [3.63, 3.8) is 0 Å². The van der Waals surface area contributed by atoms with Crippen molar-refractivity contribution < 1.29 is 37.8 Å². The molecule has 73 heavy (non-hydrogen) atoms. The fourth-order valence-electron chi connectivity index (χ4n) is 10.8. The van der Waals surface area contributed by atoms with Crippen LogP contribution < -0.4 is 15.5 Å². The molecule has 4 N–H and O–H groups in total. The fraction of sp³-hybridized carbons (Fsp3) is 0.357. The first-order valence-electron chi connectivity index (χ1n) is 25.0. The first-order valence-corrected chi connectivity index (χ1v) is 25.0. The van der Waals surface area contributed by atoms with E-state index in [9.17, 15) is 23.6 Å². The molecule has 2 fully saturated rings. The summed E-state index contributed by atoms with van der Waals surface area (Å²) in [6.07, 6.45) is 6.59. The largest absolute Gasteiger partial charge is 0.465 e. The molecule has 17 heteroatoms. The highest BCUT2D eigenvalue weighted by Gasteiger charge is 2.40. The predicted molar refractivity (Wildman–Crippen MR) is 273 cm³/mol. The molecular weight excluding hydrogens is 930 g/mol. The van der Waals surface area contributed by atoms with Crippen molar-refractivity contribution in [1.82, 2.24) is 45.2 Å². The molecule has 5 atom stereocenters. The lowest BCUT2D eigenvalue weighted by molar-refractivity contribution is -0.142. The average Bonchev–Trinajstić information content (AvgIpc) is 4.26. The highest BCUT2D eigenvalue weighted by molar-refractivity contribution is 5.93. The normalized spacial score (nSPS) is 18.7. The van der Waals surface area contributed by atoms with Gasteiger partial charge in [0.1, 0.15) is 29.3 Å². The summed E-state index contributed by atoms with van der Waals surface area (Å²) in [7, 11) is 2.56. The molecule has 16 nitrogen and oxygen atoms in total. The summed E-state index contributed by atoms with van der Waals surface area (Å²) in [5, 5.41) is 5.09. The zero-order valence-electron chi connectivity index (χ0n) is 41.8. The van der Waals surface area contributed by atoms with Crippen LogP contribution in [0.5, 0.6) is 5.75 Å². The molecule has 2 aliphatic heterocycles. The first kappa shape index (κ1) is 48.7. The maximum absolute atomic E-state index is 14.3. The number of aromatic nitrogens is 5. The lowest BCUT2D eigenvalue weighted by Gasteiger charge is -2.35. The number of hydrogen-bond donors (Lipinski definition) is 4. The molecule has 3 aromatic heterocycles. The summed E-state index contributed by atoms with van der Waals surface area (Å²) in [4.78, 5) is 70.3. The van der Waals surface area contributed by atoms with Gasteiger partial charge in [-0.1, -0.05) is 75.2 Å². The van der Waals surface area contributed by atoms with Crippen LogP contribution in [0.1, 0.15) is 102 Å². The monoisotopic (exact) mass is 989 g/mol. The molecule has 4 amide bonds. The van der Waals surface area contributed by atoms with Crippen molar-refractivity contribution in [1.29, 1.82) is 0 Å². The maximum Gasteiger partial charge on any atom is 0.425 e. The smallest absolute Gasteiger partial charge is 0.425 e. The van der Waals surface area contributed by atoms with Gasteiger partial charge in [0.05, 0.1) is 55.3 Å². The van der Waals surface area contributed by atoms with Gasteiger partial charge in [0.2, 0.25) is 18.0 Å². The Morgan fingerprint density at radius 3 is 2.15 bits per heavy atom. The number of methoxy groups -OCH3 is 2. The zero-order valence-corrected chi connectivity index (χ0v) is 41.8. The third kappa shape index (κ3) is 9.51. The van der Waals surface area contributed by atoms with Crippen molar-refractivity contribution in [2.45, 2.75) is 96.5 Å². The summed E-state index contributed by atoms with van der Waals surface area (Å²) in [5.74, 6) is 0.785. The zero-order chi connectivity index (χ0) is 51.1. The molecule has 1 aliphatic carbocycles. The van der Waals surface area contributed by atoms with E-state index < -0.39 is 24.5 Å². The van der Waals surface area contributed by atoms with Gasteiger partial charge in [0, 0.05) is 46.5 Å². The van der Waals surface area contributed by atoms with Gasteiger partial charge in [-0.2, -0.15) is 0 Å². The molecular formula is C56H60FN9O7. The van der Waals surface area contributed by atoms with E-state index in [-0.39, 0.29) is 47.5 Å². The Hall–Kier alpha value is -7.95. The Morgan fingerprint density at radius 2 is 1.42 bits per heavy atom. The number of ether oxygens (including phenoxy) is 3. The number of aromatic amines is 2. The molecule has 1 saturated heterocycles. The number of likely N-dealkylation sites (tertiary alicyclic amines) is 1. The van der Waals surface area contributed by atoms with Gasteiger partial charge >= 0.3 is 12.2 Å². The van der Waals surface area contributed by atoms with Crippen molar-refractivity contribution in [3.8, 4) is 50.6 Å². The summed E-state index contributed by atoms with van der Waals surface area (Å²) < 4.78 is 33.0. The van der Waals surface area contributed by atoms with Gasteiger partial charge < -0.3 is 39.0 Å². The molecule has 4 aromatic carbocycles. The van der Waals surface area contributed by atoms with E-state index in [1.54, 1.807) is 23.2 Å². The third-order valence-corrected chi connectivity index (χ3v) is 14.6. The molecule has 0 radical (unpaired) electrons. The van der Waals surface area contributed by atoms with Gasteiger partial charge in [-0.15, -0.1) is 0 Å². The quantitative estimate of drug-likeness (QED) is 0.0914. The lowest BCUT2D eigenvalue weighted by atomic mass is 9.78. The average molecular weight is 990 g/mol.